The van der Waals surface area contributed by atoms with Gasteiger partial charge in [0.15, 0.2) is 4.60 Å². The second-order valence-corrected chi connectivity index (χ2v) is 5.15. The van der Waals surface area contributed by atoms with Crippen LogP contribution in [0.4, 0.5) is 0 Å². The Morgan fingerprint density at radius 1 is 1.33 bits per heavy atom. The highest BCUT2D eigenvalue weighted by Crippen LogP contribution is 2.32. The maximum absolute atomic E-state index is 10.9. The lowest BCUT2D eigenvalue weighted by Gasteiger charge is -2.27. The molecule has 1 atom stereocenters. The molecule has 1 aromatic carbocycles. The molecule has 0 bridgehead atoms. The first-order valence-electron chi connectivity index (χ1n) is 5.89. The van der Waals surface area contributed by atoms with Crippen LogP contribution >= 0.6 is 15.9 Å². The third kappa shape index (κ3) is 2.47. The summed E-state index contributed by atoms with van der Waals surface area (Å²) >= 11 is 3.35. The quantitative estimate of drug-likeness (QED) is 0.943. The van der Waals surface area contributed by atoms with Crippen molar-refractivity contribution in [3.63, 3.8) is 0 Å². The molecule has 0 aliphatic rings. The van der Waals surface area contributed by atoms with Gasteiger partial charge in [0.25, 0.3) is 0 Å². The van der Waals surface area contributed by atoms with Gasteiger partial charge < -0.3 is 5.11 Å². The van der Waals surface area contributed by atoms with Gasteiger partial charge in [0.05, 0.1) is 0 Å². The molecule has 5 heteroatoms. The second-order valence-electron chi connectivity index (χ2n) is 4.40. The summed E-state index contributed by atoms with van der Waals surface area (Å²) in [6.07, 6.45) is 1.14. The van der Waals surface area contributed by atoms with Crippen molar-refractivity contribution < 1.29 is 5.11 Å². The first-order valence-corrected chi connectivity index (χ1v) is 6.68. The lowest BCUT2D eigenvalue weighted by Crippen LogP contribution is -2.30. The van der Waals surface area contributed by atoms with Crippen LogP contribution in [0.3, 0.4) is 0 Å². The normalized spacial score (nSPS) is 14.4. The van der Waals surface area contributed by atoms with Crippen molar-refractivity contribution in [3.05, 3.63) is 46.2 Å². The fraction of sp³-hybridized carbons (Fsp3) is 0.385. The van der Waals surface area contributed by atoms with E-state index in [0.29, 0.717) is 23.1 Å². The monoisotopic (exact) mass is 309 g/mol. The van der Waals surface area contributed by atoms with Gasteiger partial charge in [-0.2, -0.15) is 0 Å². The zero-order valence-electron chi connectivity index (χ0n) is 10.5. The molecule has 0 saturated carbocycles. The van der Waals surface area contributed by atoms with E-state index < -0.39 is 5.60 Å². The van der Waals surface area contributed by atoms with Gasteiger partial charge in [-0.25, -0.2) is 4.68 Å². The highest BCUT2D eigenvalue weighted by molar-refractivity contribution is 9.10. The van der Waals surface area contributed by atoms with Crippen molar-refractivity contribution in [1.29, 1.82) is 0 Å². The predicted octanol–water partition coefficient (Wildman–Crippen LogP) is 2.42. The van der Waals surface area contributed by atoms with Crippen molar-refractivity contribution in [2.75, 3.05) is 0 Å². The van der Waals surface area contributed by atoms with Crippen molar-refractivity contribution in [2.24, 2.45) is 7.05 Å². The minimum absolute atomic E-state index is 0.546. The number of aryl methyl sites for hydroxylation is 1. The largest absolute Gasteiger partial charge is 0.383 e. The van der Waals surface area contributed by atoms with Gasteiger partial charge in [-0.1, -0.05) is 42.5 Å². The summed E-state index contributed by atoms with van der Waals surface area (Å²) < 4.78 is 2.22. The number of hydrogen-bond acceptors (Lipinski definition) is 3. The summed E-state index contributed by atoms with van der Waals surface area (Å²) in [5, 5.41) is 18.7. The van der Waals surface area contributed by atoms with Crippen molar-refractivity contribution in [1.82, 2.24) is 15.0 Å². The van der Waals surface area contributed by atoms with Gasteiger partial charge in [-0.3, -0.25) is 0 Å². The topological polar surface area (TPSA) is 50.9 Å². The summed E-state index contributed by atoms with van der Waals surface area (Å²) in [6.45, 7) is 1.96. The van der Waals surface area contributed by atoms with E-state index in [-0.39, 0.29) is 0 Å². The fourth-order valence-corrected chi connectivity index (χ4v) is 2.83. The van der Waals surface area contributed by atoms with E-state index in [4.69, 9.17) is 0 Å². The van der Waals surface area contributed by atoms with Gasteiger partial charge in [0, 0.05) is 13.5 Å². The van der Waals surface area contributed by atoms with Crippen LogP contribution in [0.5, 0.6) is 0 Å². The molecular weight excluding hydrogens is 294 g/mol. The number of benzene rings is 1. The lowest BCUT2D eigenvalue weighted by atomic mass is 9.89. The molecule has 0 aliphatic carbocycles. The molecular formula is C13H16BrN3O. The van der Waals surface area contributed by atoms with Crippen molar-refractivity contribution in [3.8, 4) is 0 Å². The molecule has 1 unspecified atom stereocenters. The molecule has 1 N–H and O–H groups in total. The zero-order valence-corrected chi connectivity index (χ0v) is 12.1. The Morgan fingerprint density at radius 3 is 2.50 bits per heavy atom. The summed E-state index contributed by atoms with van der Waals surface area (Å²) in [5.41, 5.74) is 0.849. The minimum Gasteiger partial charge on any atom is -0.383 e. The zero-order chi connectivity index (χ0) is 13.2. The van der Waals surface area contributed by atoms with Crippen molar-refractivity contribution in [2.45, 2.75) is 25.4 Å². The molecule has 2 rings (SSSR count). The van der Waals surface area contributed by atoms with Crippen LogP contribution in [0.1, 0.15) is 24.6 Å². The van der Waals surface area contributed by atoms with E-state index in [2.05, 4.69) is 26.2 Å². The number of aliphatic hydroxyl groups is 1. The average Bonchev–Trinajstić information content (AvgIpc) is 2.71. The van der Waals surface area contributed by atoms with Gasteiger partial charge >= 0.3 is 0 Å². The van der Waals surface area contributed by atoms with E-state index >= 15 is 0 Å². The SMILES string of the molecule is CCC(O)(Cc1ccccc1)c1c(Br)nnn1C. The molecule has 0 saturated heterocycles. The van der Waals surface area contributed by atoms with Crippen LogP contribution in [0.25, 0.3) is 0 Å². The molecule has 96 valence electrons. The van der Waals surface area contributed by atoms with Gasteiger partial charge in [-0.05, 0) is 27.9 Å². The summed E-state index contributed by atoms with van der Waals surface area (Å²) in [7, 11) is 1.79. The number of rotatable bonds is 4. The summed E-state index contributed by atoms with van der Waals surface area (Å²) in [6, 6.07) is 9.94. The summed E-state index contributed by atoms with van der Waals surface area (Å²) in [5.74, 6) is 0. The number of nitrogens with zero attached hydrogens (tertiary/aromatic N) is 3. The van der Waals surface area contributed by atoms with Crippen LogP contribution in [0.2, 0.25) is 0 Å². The number of aromatic nitrogens is 3. The van der Waals surface area contributed by atoms with E-state index in [1.54, 1.807) is 11.7 Å². The Bertz CT molecular complexity index is 507. The molecule has 0 aliphatic heterocycles. The first-order chi connectivity index (χ1) is 8.57. The van der Waals surface area contributed by atoms with Crippen LogP contribution in [-0.2, 0) is 19.1 Å². The average molecular weight is 310 g/mol. The van der Waals surface area contributed by atoms with Gasteiger partial charge in [0.2, 0.25) is 0 Å². The Labute approximate surface area is 115 Å². The molecule has 4 nitrogen and oxygen atoms in total. The molecule has 0 fully saturated rings. The molecule has 0 radical (unpaired) electrons. The standard InChI is InChI=1S/C13H16BrN3O/c1-3-13(18,9-10-7-5-4-6-8-10)11-12(14)15-16-17(11)2/h4-8,18H,3,9H2,1-2H3. The van der Waals surface area contributed by atoms with Crippen molar-refractivity contribution >= 4 is 15.9 Å². The van der Waals surface area contributed by atoms with E-state index in [1.165, 1.54) is 0 Å². The predicted molar refractivity (Wildman–Crippen MR) is 73.0 cm³/mol. The molecule has 1 aromatic heterocycles. The highest BCUT2D eigenvalue weighted by Gasteiger charge is 2.33. The van der Waals surface area contributed by atoms with Gasteiger partial charge in [-0.15, -0.1) is 5.10 Å². The van der Waals surface area contributed by atoms with Crippen LogP contribution in [0, 0.1) is 0 Å². The van der Waals surface area contributed by atoms with Gasteiger partial charge in [0.1, 0.15) is 11.3 Å². The lowest BCUT2D eigenvalue weighted by molar-refractivity contribution is 0.0238. The Kier molecular flexibility index (Phi) is 3.82. The minimum atomic E-state index is -0.960. The third-order valence-electron chi connectivity index (χ3n) is 3.15. The van der Waals surface area contributed by atoms with E-state index in [0.717, 1.165) is 5.56 Å². The molecule has 1 heterocycles. The third-order valence-corrected chi connectivity index (χ3v) is 3.68. The Morgan fingerprint density at radius 2 is 2.00 bits per heavy atom. The number of hydrogen-bond donors (Lipinski definition) is 1. The molecule has 0 spiro atoms. The van der Waals surface area contributed by atoms with Crippen LogP contribution in [0.15, 0.2) is 34.9 Å². The van der Waals surface area contributed by atoms with E-state index in [1.807, 2.05) is 37.3 Å². The maximum atomic E-state index is 10.9. The van der Waals surface area contributed by atoms with E-state index in [9.17, 15) is 5.11 Å². The molecule has 2 aromatic rings. The smallest absolute Gasteiger partial charge is 0.154 e. The molecule has 0 amide bonds. The van der Waals surface area contributed by atoms with Crippen LogP contribution < -0.4 is 0 Å². The number of halogens is 1. The summed E-state index contributed by atoms with van der Waals surface area (Å²) in [4.78, 5) is 0. The highest BCUT2D eigenvalue weighted by atomic mass is 79.9. The van der Waals surface area contributed by atoms with Crippen LogP contribution in [-0.4, -0.2) is 20.1 Å². The second kappa shape index (κ2) is 5.20. The maximum Gasteiger partial charge on any atom is 0.154 e. The molecule has 18 heavy (non-hydrogen) atoms. The Balaban J connectivity index is 2.37. The first kappa shape index (κ1) is 13.2. The fourth-order valence-electron chi connectivity index (χ4n) is 2.13. The Hall–Kier alpha value is -1.20.